The Hall–Kier alpha value is -3.10. The van der Waals surface area contributed by atoms with Gasteiger partial charge < -0.3 is 15.4 Å². The molecule has 2 N–H and O–H groups in total. The van der Waals surface area contributed by atoms with E-state index in [-0.39, 0.29) is 11.8 Å². The van der Waals surface area contributed by atoms with Crippen molar-refractivity contribution in [3.63, 3.8) is 0 Å². The Morgan fingerprint density at radius 1 is 1.06 bits per heavy atom. The zero-order valence-corrected chi connectivity index (χ0v) is 20.0. The number of hydrogen-bond donors (Lipinski definition) is 2. The van der Waals surface area contributed by atoms with E-state index in [4.69, 9.17) is 4.74 Å². The molecule has 0 aliphatic heterocycles. The normalized spacial score (nSPS) is 13.2. The summed E-state index contributed by atoms with van der Waals surface area (Å²) in [5.74, 6) is 0.727. The average Bonchev–Trinajstić information content (AvgIpc) is 3.31. The molecule has 8 heteroatoms. The summed E-state index contributed by atoms with van der Waals surface area (Å²) in [5.41, 5.74) is 4.66. The maximum Gasteiger partial charge on any atom is 0.227 e. The molecule has 2 aromatic heterocycles. The lowest BCUT2D eigenvalue weighted by Gasteiger charge is -2.19. The number of anilines is 1. The third-order valence-electron chi connectivity index (χ3n) is 5.99. The maximum atomic E-state index is 13.0. The summed E-state index contributed by atoms with van der Waals surface area (Å²) in [4.78, 5) is 17.4. The highest BCUT2D eigenvalue weighted by Crippen LogP contribution is 2.27. The van der Waals surface area contributed by atoms with Gasteiger partial charge in [0.1, 0.15) is 16.8 Å². The number of nitrogens with zero attached hydrogens (tertiary/aromatic N) is 3. The van der Waals surface area contributed by atoms with Crippen LogP contribution in [0, 0.1) is 5.92 Å². The van der Waals surface area contributed by atoms with Gasteiger partial charge in [-0.1, -0.05) is 13.0 Å². The van der Waals surface area contributed by atoms with Crippen LogP contribution in [0.5, 0.6) is 5.75 Å². The van der Waals surface area contributed by atoms with E-state index in [0.29, 0.717) is 6.04 Å². The number of pyridine rings is 1. The van der Waals surface area contributed by atoms with Crippen molar-refractivity contribution in [2.45, 2.75) is 45.7 Å². The van der Waals surface area contributed by atoms with Gasteiger partial charge in [0.05, 0.1) is 30.0 Å². The van der Waals surface area contributed by atoms with Gasteiger partial charge in [-0.25, -0.2) is 0 Å². The van der Waals surface area contributed by atoms with Crippen LogP contribution in [0.25, 0.3) is 21.9 Å². The highest BCUT2D eigenvalue weighted by atomic mass is 32.1. The van der Waals surface area contributed by atoms with Crippen molar-refractivity contribution in [2.75, 3.05) is 12.4 Å². The smallest absolute Gasteiger partial charge is 0.227 e. The molecule has 0 aliphatic carbocycles. The van der Waals surface area contributed by atoms with Crippen LogP contribution < -0.4 is 15.4 Å². The second-order valence-electron chi connectivity index (χ2n) is 8.28. The van der Waals surface area contributed by atoms with Crippen LogP contribution >= 0.6 is 11.7 Å². The molecule has 0 aliphatic rings. The first-order valence-electron chi connectivity index (χ1n) is 11.3. The van der Waals surface area contributed by atoms with E-state index in [1.807, 2.05) is 30.3 Å². The van der Waals surface area contributed by atoms with Crippen molar-refractivity contribution in [3.05, 3.63) is 54.2 Å². The van der Waals surface area contributed by atoms with Gasteiger partial charge in [0.25, 0.3) is 0 Å². The molecule has 33 heavy (non-hydrogen) atoms. The summed E-state index contributed by atoms with van der Waals surface area (Å²) in [6, 6.07) is 14.0. The first-order valence-corrected chi connectivity index (χ1v) is 12.0. The predicted molar refractivity (Wildman–Crippen MR) is 134 cm³/mol. The van der Waals surface area contributed by atoms with Crippen LogP contribution in [0.3, 0.4) is 0 Å². The molecule has 0 bridgehead atoms. The number of hydrogen-bond acceptors (Lipinski definition) is 7. The van der Waals surface area contributed by atoms with Crippen LogP contribution in [0.15, 0.2) is 48.7 Å². The molecule has 2 atom stereocenters. The number of nitrogens with one attached hydrogen (secondary N) is 2. The molecule has 2 aromatic carbocycles. The molecule has 7 nitrogen and oxygen atoms in total. The van der Waals surface area contributed by atoms with Gasteiger partial charge in [-0.2, -0.15) is 8.75 Å². The van der Waals surface area contributed by atoms with E-state index < -0.39 is 0 Å². The van der Waals surface area contributed by atoms with Gasteiger partial charge >= 0.3 is 0 Å². The van der Waals surface area contributed by atoms with Crippen molar-refractivity contribution >= 4 is 45.3 Å². The Bertz CT molecular complexity index is 1240. The van der Waals surface area contributed by atoms with Crippen molar-refractivity contribution in [1.29, 1.82) is 0 Å². The van der Waals surface area contributed by atoms with Gasteiger partial charge in [-0.3, -0.25) is 9.78 Å². The van der Waals surface area contributed by atoms with E-state index in [9.17, 15) is 4.79 Å². The van der Waals surface area contributed by atoms with Gasteiger partial charge in [-0.15, -0.1) is 0 Å². The van der Waals surface area contributed by atoms with Gasteiger partial charge in [0.15, 0.2) is 0 Å². The van der Waals surface area contributed by atoms with Gasteiger partial charge in [0.2, 0.25) is 5.91 Å². The second-order valence-corrected chi connectivity index (χ2v) is 8.81. The van der Waals surface area contributed by atoms with Crippen LogP contribution in [0.1, 0.15) is 38.7 Å². The second kappa shape index (κ2) is 10.7. The third-order valence-corrected chi connectivity index (χ3v) is 6.55. The number of carbonyl (C=O) groups excluding carboxylic acids is 1. The molecule has 4 rings (SSSR count). The number of ether oxygens (including phenoxy) is 1. The summed E-state index contributed by atoms with van der Waals surface area (Å²) in [6.45, 7) is 4.99. The SMILES string of the molecule is CCC(CC[C@@H](C)NCc1ccc2nsnc2c1)C(=O)Nc1ccnc2ccc(OC)cc12. The molecular weight excluding hydrogens is 434 g/mol. The van der Waals surface area contributed by atoms with Crippen LogP contribution in [-0.4, -0.2) is 32.8 Å². The Morgan fingerprint density at radius 3 is 2.70 bits per heavy atom. The lowest BCUT2D eigenvalue weighted by atomic mass is 9.96. The van der Waals surface area contributed by atoms with Crippen LogP contribution in [-0.2, 0) is 11.3 Å². The lowest BCUT2D eigenvalue weighted by molar-refractivity contribution is -0.120. The first-order chi connectivity index (χ1) is 16.1. The zero-order valence-electron chi connectivity index (χ0n) is 19.2. The van der Waals surface area contributed by atoms with Crippen molar-refractivity contribution in [3.8, 4) is 5.75 Å². The van der Waals surface area contributed by atoms with Crippen molar-refractivity contribution in [2.24, 2.45) is 5.92 Å². The largest absolute Gasteiger partial charge is 0.497 e. The van der Waals surface area contributed by atoms with E-state index in [2.05, 4.69) is 50.3 Å². The first kappa shape index (κ1) is 23.1. The number of rotatable bonds is 10. The average molecular weight is 464 g/mol. The summed E-state index contributed by atoms with van der Waals surface area (Å²) < 4.78 is 13.9. The fraction of sp³-hybridized carbons (Fsp3) is 0.360. The van der Waals surface area contributed by atoms with E-state index in [0.717, 1.165) is 59.2 Å². The minimum absolute atomic E-state index is 0.0431. The fourth-order valence-electron chi connectivity index (χ4n) is 3.90. The van der Waals surface area contributed by atoms with Crippen molar-refractivity contribution < 1.29 is 9.53 Å². The molecule has 0 saturated heterocycles. The minimum atomic E-state index is -0.0551. The molecule has 0 fully saturated rings. The highest BCUT2D eigenvalue weighted by Gasteiger charge is 2.19. The standard InChI is InChI=1S/C25H29N5O2S/c1-4-18(7-5-16(2)27-15-17-6-9-23-24(13-17)30-33-29-23)25(31)28-22-11-12-26-21-10-8-19(32-3)14-20(21)22/h6,8-14,16,18,27H,4-5,7,15H2,1-3H3,(H,26,28,31)/t16-,18?/m1/s1. The zero-order chi connectivity index (χ0) is 23.2. The topological polar surface area (TPSA) is 89.0 Å². The van der Waals surface area contributed by atoms with E-state index >= 15 is 0 Å². The Morgan fingerprint density at radius 2 is 1.88 bits per heavy atom. The van der Waals surface area contributed by atoms with Gasteiger partial charge in [0, 0.05) is 30.1 Å². The Labute approximate surface area is 197 Å². The fourth-order valence-corrected chi connectivity index (χ4v) is 4.42. The summed E-state index contributed by atoms with van der Waals surface area (Å²) in [6.07, 6.45) is 4.24. The number of aromatic nitrogens is 3. The molecule has 0 saturated carbocycles. The van der Waals surface area contributed by atoms with Gasteiger partial charge in [-0.05, 0) is 68.1 Å². The monoisotopic (exact) mass is 463 g/mol. The Kier molecular flexibility index (Phi) is 7.47. The molecule has 4 aromatic rings. The number of amides is 1. The quantitative estimate of drug-likeness (QED) is 0.337. The van der Waals surface area contributed by atoms with Crippen LogP contribution in [0.4, 0.5) is 5.69 Å². The lowest BCUT2D eigenvalue weighted by Crippen LogP contribution is -2.28. The Balaban J connectivity index is 1.32. The van der Waals surface area contributed by atoms with E-state index in [1.54, 1.807) is 13.3 Å². The molecular formula is C25H29N5O2S. The van der Waals surface area contributed by atoms with Crippen molar-refractivity contribution in [1.82, 2.24) is 19.0 Å². The number of carbonyl (C=O) groups is 1. The predicted octanol–water partition coefficient (Wildman–Crippen LogP) is 5.17. The number of fused-ring (bicyclic) bond motifs is 2. The highest BCUT2D eigenvalue weighted by molar-refractivity contribution is 7.00. The number of methoxy groups -OCH3 is 1. The molecule has 0 spiro atoms. The molecule has 0 radical (unpaired) electrons. The maximum absolute atomic E-state index is 13.0. The minimum Gasteiger partial charge on any atom is -0.497 e. The molecule has 1 amide bonds. The van der Waals surface area contributed by atoms with Crippen LogP contribution in [0.2, 0.25) is 0 Å². The summed E-state index contributed by atoms with van der Waals surface area (Å²) in [7, 11) is 1.63. The third kappa shape index (κ3) is 5.64. The van der Waals surface area contributed by atoms with E-state index in [1.165, 1.54) is 17.3 Å². The molecule has 1 unspecified atom stereocenters. The summed E-state index contributed by atoms with van der Waals surface area (Å²) >= 11 is 1.24. The molecule has 2 heterocycles. The molecule has 172 valence electrons. The summed E-state index contributed by atoms with van der Waals surface area (Å²) in [5, 5.41) is 7.56. The number of benzene rings is 2.